The lowest BCUT2D eigenvalue weighted by molar-refractivity contribution is -0.117. The molecule has 0 saturated heterocycles. The highest BCUT2D eigenvalue weighted by Crippen LogP contribution is 2.32. The molecule has 0 heterocycles. The van der Waals surface area contributed by atoms with Crippen LogP contribution in [-0.4, -0.2) is 18.4 Å². The summed E-state index contributed by atoms with van der Waals surface area (Å²) in [5.41, 5.74) is 4.01. The second-order valence-electron chi connectivity index (χ2n) is 7.72. The largest absolute Gasteiger partial charge is 0.326 e. The first-order valence-corrected chi connectivity index (χ1v) is 9.96. The maximum Gasteiger partial charge on any atom is 0.226 e. The van der Waals surface area contributed by atoms with Crippen molar-refractivity contribution in [3.8, 4) is 6.07 Å². The monoisotopic (exact) mass is 391 g/mol. The summed E-state index contributed by atoms with van der Waals surface area (Å²) in [5, 5.41) is 12.4. The average Bonchev–Trinajstić information content (AvgIpc) is 2.68. The molecule has 5 heteroatoms. The number of carbonyl (C=O) groups is 2. The topological polar surface area (TPSA) is 73.2 Å². The van der Waals surface area contributed by atoms with Crippen molar-refractivity contribution in [3.63, 3.8) is 0 Å². The van der Waals surface area contributed by atoms with E-state index in [1.54, 1.807) is 24.3 Å². The molecule has 0 fully saturated rings. The van der Waals surface area contributed by atoms with Gasteiger partial charge in [-0.25, -0.2) is 0 Å². The zero-order chi connectivity index (χ0) is 21.6. The number of anilines is 2. The quantitative estimate of drug-likeness (QED) is 0.706. The molecule has 0 aliphatic carbocycles. The van der Waals surface area contributed by atoms with E-state index >= 15 is 0 Å². The first kappa shape index (κ1) is 22.2. The molecule has 0 aliphatic rings. The number of rotatable bonds is 7. The predicted octanol–water partition coefficient (Wildman–Crippen LogP) is 5.19. The number of para-hydroxylation sites is 2. The third-order valence-electron chi connectivity index (χ3n) is 4.90. The van der Waals surface area contributed by atoms with Crippen molar-refractivity contribution in [2.45, 2.75) is 52.9 Å². The molecule has 0 bridgehead atoms. The van der Waals surface area contributed by atoms with Crippen LogP contribution in [0.3, 0.4) is 0 Å². The van der Waals surface area contributed by atoms with Crippen LogP contribution in [0.25, 0.3) is 0 Å². The number of nitriles is 1. The summed E-state index contributed by atoms with van der Waals surface area (Å²) in [7, 11) is 0. The molecule has 0 radical (unpaired) electrons. The zero-order valence-corrected chi connectivity index (χ0v) is 17.8. The Bertz CT molecular complexity index is 900. The highest BCUT2D eigenvalue weighted by atomic mass is 16.2. The third-order valence-corrected chi connectivity index (χ3v) is 4.90. The van der Waals surface area contributed by atoms with Crippen molar-refractivity contribution in [3.05, 3.63) is 59.2 Å². The van der Waals surface area contributed by atoms with Gasteiger partial charge in [-0.05, 0) is 35.1 Å². The van der Waals surface area contributed by atoms with Gasteiger partial charge in [-0.15, -0.1) is 0 Å². The fourth-order valence-corrected chi connectivity index (χ4v) is 3.36. The van der Waals surface area contributed by atoms with E-state index in [1.165, 1.54) is 11.8 Å². The van der Waals surface area contributed by atoms with E-state index < -0.39 is 0 Å². The van der Waals surface area contributed by atoms with Gasteiger partial charge in [-0.3, -0.25) is 9.59 Å². The Hall–Kier alpha value is -3.13. The molecule has 0 aliphatic heterocycles. The Morgan fingerprint density at radius 2 is 1.59 bits per heavy atom. The van der Waals surface area contributed by atoms with Crippen molar-refractivity contribution in [2.24, 2.45) is 0 Å². The molecule has 152 valence electrons. The maximum atomic E-state index is 12.8. The van der Waals surface area contributed by atoms with Gasteiger partial charge in [-0.1, -0.05) is 58.0 Å². The Balaban J connectivity index is 2.21. The van der Waals surface area contributed by atoms with Gasteiger partial charge >= 0.3 is 0 Å². The Morgan fingerprint density at radius 1 is 1.00 bits per heavy atom. The summed E-state index contributed by atoms with van der Waals surface area (Å²) in [4.78, 5) is 26.4. The summed E-state index contributed by atoms with van der Waals surface area (Å²) in [5.74, 6) is 0.201. The van der Waals surface area contributed by atoms with Crippen LogP contribution in [0.15, 0.2) is 42.5 Å². The van der Waals surface area contributed by atoms with Gasteiger partial charge in [0.1, 0.15) is 6.07 Å². The summed E-state index contributed by atoms with van der Waals surface area (Å²) in [6.45, 7) is 10.1. The number of nitrogens with one attached hydrogen (secondary N) is 1. The lowest BCUT2D eigenvalue weighted by atomic mass is 9.92. The molecule has 2 amide bonds. The van der Waals surface area contributed by atoms with Crippen LogP contribution in [0.2, 0.25) is 0 Å². The average molecular weight is 392 g/mol. The van der Waals surface area contributed by atoms with Crippen molar-refractivity contribution in [1.29, 1.82) is 5.26 Å². The van der Waals surface area contributed by atoms with Crippen LogP contribution >= 0.6 is 0 Å². The molecular formula is C24H29N3O2. The second-order valence-corrected chi connectivity index (χ2v) is 7.72. The summed E-state index contributed by atoms with van der Waals surface area (Å²) in [6, 6.07) is 15.1. The van der Waals surface area contributed by atoms with Gasteiger partial charge in [-0.2, -0.15) is 5.26 Å². The van der Waals surface area contributed by atoms with Gasteiger partial charge in [0.2, 0.25) is 11.8 Å². The van der Waals surface area contributed by atoms with Gasteiger partial charge in [0, 0.05) is 25.6 Å². The van der Waals surface area contributed by atoms with Crippen molar-refractivity contribution < 1.29 is 9.59 Å². The van der Waals surface area contributed by atoms with E-state index in [0.717, 1.165) is 16.8 Å². The SMILES string of the molecule is CC(=O)N(CCC(=O)Nc1c(C(C)C)cccc1C(C)C)c1ccccc1C#N. The number of nitrogens with zero attached hydrogens (tertiary/aromatic N) is 2. The molecule has 2 aromatic carbocycles. The number of amides is 2. The van der Waals surface area contributed by atoms with E-state index in [2.05, 4.69) is 39.1 Å². The van der Waals surface area contributed by atoms with Crippen LogP contribution < -0.4 is 10.2 Å². The minimum Gasteiger partial charge on any atom is -0.326 e. The normalized spacial score (nSPS) is 10.7. The van der Waals surface area contributed by atoms with E-state index in [1.807, 2.05) is 18.2 Å². The standard InChI is InChI=1S/C24H29N3O2/c1-16(2)20-10-8-11-21(17(3)4)24(20)26-23(29)13-14-27(18(5)28)22-12-7-6-9-19(22)15-25/h6-12,16-17H,13-14H2,1-5H3,(H,26,29). The molecule has 5 nitrogen and oxygen atoms in total. The minimum absolute atomic E-state index is 0.142. The lowest BCUT2D eigenvalue weighted by Gasteiger charge is -2.23. The highest BCUT2D eigenvalue weighted by Gasteiger charge is 2.19. The van der Waals surface area contributed by atoms with Gasteiger partial charge in [0.25, 0.3) is 0 Å². The van der Waals surface area contributed by atoms with Gasteiger partial charge in [0.05, 0.1) is 11.3 Å². The fourth-order valence-electron chi connectivity index (χ4n) is 3.36. The molecule has 2 rings (SSSR count). The first-order valence-electron chi connectivity index (χ1n) is 9.96. The van der Waals surface area contributed by atoms with Crippen LogP contribution in [0.4, 0.5) is 11.4 Å². The van der Waals surface area contributed by atoms with Crippen LogP contribution in [0, 0.1) is 11.3 Å². The Labute approximate surface area is 173 Å². The smallest absolute Gasteiger partial charge is 0.226 e. The molecule has 29 heavy (non-hydrogen) atoms. The van der Waals surface area contributed by atoms with E-state index in [4.69, 9.17) is 0 Å². The fraction of sp³-hybridized carbons (Fsp3) is 0.375. The van der Waals surface area contributed by atoms with E-state index in [9.17, 15) is 14.9 Å². The van der Waals surface area contributed by atoms with E-state index in [-0.39, 0.29) is 36.6 Å². The minimum atomic E-state index is -0.203. The number of hydrogen-bond acceptors (Lipinski definition) is 3. The second kappa shape index (κ2) is 9.88. The number of hydrogen-bond donors (Lipinski definition) is 1. The number of benzene rings is 2. The molecule has 0 atom stereocenters. The molecule has 1 N–H and O–H groups in total. The van der Waals surface area contributed by atoms with Gasteiger partial charge < -0.3 is 10.2 Å². The lowest BCUT2D eigenvalue weighted by Crippen LogP contribution is -2.32. The summed E-state index contributed by atoms with van der Waals surface area (Å²) in [6.07, 6.45) is 0.142. The van der Waals surface area contributed by atoms with Crippen LogP contribution in [0.5, 0.6) is 0 Å². The van der Waals surface area contributed by atoms with Crippen LogP contribution in [0.1, 0.15) is 69.6 Å². The van der Waals surface area contributed by atoms with Crippen molar-refractivity contribution >= 4 is 23.2 Å². The first-order chi connectivity index (χ1) is 13.8. The molecular weight excluding hydrogens is 362 g/mol. The number of carbonyl (C=O) groups excluding carboxylic acids is 2. The highest BCUT2D eigenvalue weighted by molar-refractivity contribution is 5.96. The predicted molar refractivity (Wildman–Crippen MR) is 117 cm³/mol. The molecule has 2 aromatic rings. The summed E-state index contributed by atoms with van der Waals surface area (Å²) < 4.78 is 0. The maximum absolute atomic E-state index is 12.8. The van der Waals surface area contributed by atoms with Crippen LogP contribution in [-0.2, 0) is 9.59 Å². The Kier molecular flexibility index (Phi) is 7.55. The zero-order valence-electron chi connectivity index (χ0n) is 17.8. The molecule has 0 aromatic heterocycles. The van der Waals surface area contributed by atoms with E-state index in [0.29, 0.717) is 11.3 Å². The van der Waals surface area contributed by atoms with Gasteiger partial charge in [0.15, 0.2) is 0 Å². The van der Waals surface area contributed by atoms with Crippen molar-refractivity contribution in [2.75, 3.05) is 16.8 Å². The summed E-state index contributed by atoms with van der Waals surface area (Å²) >= 11 is 0. The molecule has 0 unspecified atom stereocenters. The van der Waals surface area contributed by atoms with Crippen molar-refractivity contribution in [1.82, 2.24) is 0 Å². The molecule has 0 saturated carbocycles. The third kappa shape index (κ3) is 5.45. The molecule has 0 spiro atoms. The Morgan fingerprint density at radius 3 is 2.10 bits per heavy atom.